The summed E-state index contributed by atoms with van der Waals surface area (Å²) in [5, 5.41) is 85.5. The van der Waals surface area contributed by atoms with Gasteiger partial charge in [-0.05, 0) is 85.5 Å². The standard InChI is InChI=1S/C42H66O13/c1-21-29(47)34(55-35-32(50)31(49)30(48)24(18-43)53-35)33(51)36(52-21)54-28-11-12-38(4)25(39(28,5)19-44)10-13-40(6)26(38)9-8-22-23-16-37(2,3)14-15-42(23,20-45)27(46)17-41(22,40)7/h8-9,21,24-26,28-36,43-45,47-51H,10-20H2,1-7H3/t21-,24-,25-,26-,28+,29+,30-,31+,32-,33-,34+,35+,36+,38+,39+,40-,41-,42-/m1/s1. The van der Waals surface area contributed by atoms with E-state index in [9.17, 15) is 45.6 Å². The lowest BCUT2D eigenvalue weighted by molar-refractivity contribution is -0.367. The summed E-state index contributed by atoms with van der Waals surface area (Å²) in [5.41, 5.74) is -0.127. The molecule has 8 N–H and O–H groups in total. The minimum absolute atomic E-state index is 0.00127. The van der Waals surface area contributed by atoms with Gasteiger partial charge in [0, 0.05) is 17.3 Å². The van der Waals surface area contributed by atoms with Gasteiger partial charge in [0.05, 0.1) is 37.4 Å². The SMILES string of the molecule is C[C@H]1O[C@@H](O[C@H]2CC[C@@]3(C)[C@@H](CC[C@]4(C)[C@@H]3C=CC3=C5CC(C)(C)CC[C@]5(CO)C(=O)C[C@]34C)[C@]2(C)CO)[C@H](O)[C@@H](O[C@@H]2O[C@H](CO)[C@@H](O)[C@H](O)[C@H]2O)[C@H]1O. The molecule has 2 heterocycles. The van der Waals surface area contributed by atoms with Crippen LogP contribution in [0.25, 0.3) is 0 Å². The van der Waals surface area contributed by atoms with Crippen molar-refractivity contribution in [1.82, 2.24) is 0 Å². The molecule has 312 valence electrons. The Kier molecular flexibility index (Phi) is 10.8. The summed E-state index contributed by atoms with van der Waals surface area (Å²) in [7, 11) is 0. The van der Waals surface area contributed by atoms with Gasteiger partial charge < -0.3 is 59.8 Å². The summed E-state index contributed by atoms with van der Waals surface area (Å²) in [6, 6.07) is 0. The highest BCUT2D eigenvalue weighted by Gasteiger charge is 2.69. The van der Waals surface area contributed by atoms with E-state index in [2.05, 4.69) is 46.8 Å². The number of Topliss-reactive ketones (excluding diaryl/α,β-unsaturated/α-hetero) is 1. The van der Waals surface area contributed by atoms with Crippen LogP contribution in [0.3, 0.4) is 0 Å². The number of carbonyl (C=O) groups excluding carboxylic acids is 1. The van der Waals surface area contributed by atoms with Crippen molar-refractivity contribution in [2.24, 2.45) is 44.3 Å². The van der Waals surface area contributed by atoms with Crippen LogP contribution in [-0.4, -0.2) is 134 Å². The molecule has 7 rings (SSSR count). The first-order valence-electron chi connectivity index (χ1n) is 20.5. The summed E-state index contributed by atoms with van der Waals surface area (Å²) in [5.74, 6) is 0.249. The number of hydrogen-bond donors (Lipinski definition) is 8. The highest BCUT2D eigenvalue weighted by Crippen LogP contribution is 2.74. The molecular weight excluding hydrogens is 712 g/mol. The van der Waals surface area contributed by atoms with Gasteiger partial charge in [0.15, 0.2) is 12.6 Å². The topological polar surface area (TPSA) is 216 Å². The third-order valence-electron chi connectivity index (χ3n) is 16.6. The molecule has 0 aromatic heterocycles. The zero-order valence-electron chi connectivity index (χ0n) is 33.6. The van der Waals surface area contributed by atoms with Crippen molar-refractivity contribution in [3.05, 3.63) is 23.3 Å². The van der Waals surface area contributed by atoms with E-state index in [-0.39, 0.29) is 47.1 Å². The van der Waals surface area contributed by atoms with E-state index in [0.29, 0.717) is 19.3 Å². The van der Waals surface area contributed by atoms with Crippen LogP contribution in [0.4, 0.5) is 0 Å². The van der Waals surface area contributed by atoms with Crippen molar-refractivity contribution in [3.8, 4) is 0 Å². The molecule has 13 heteroatoms. The monoisotopic (exact) mass is 778 g/mol. The third kappa shape index (κ3) is 6.04. The Balaban J connectivity index is 1.15. The molecule has 0 spiro atoms. The summed E-state index contributed by atoms with van der Waals surface area (Å²) in [4.78, 5) is 14.3. The van der Waals surface area contributed by atoms with Crippen LogP contribution in [-0.2, 0) is 23.7 Å². The van der Waals surface area contributed by atoms with Gasteiger partial charge in [-0.1, -0.05) is 59.3 Å². The highest BCUT2D eigenvalue weighted by atomic mass is 16.7. The first-order chi connectivity index (χ1) is 25.7. The summed E-state index contributed by atoms with van der Waals surface area (Å²) < 4.78 is 24.0. The van der Waals surface area contributed by atoms with E-state index in [1.165, 1.54) is 5.57 Å². The van der Waals surface area contributed by atoms with Gasteiger partial charge in [-0.3, -0.25) is 4.79 Å². The Bertz CT molecular complexity index is 1550. The molecule has 0 aromatic rings. The van der Waals surface area contributed by atoms with Crippen molar-refractivity contribution in [3.63, 3.8) is 0 Å². The van der Waals surface area contributed by atoms with Gasteiger partial charge >= 0.3 is 0 Å². The molecule has 5 fully saturated rings. The second-order valence-corrected chi connectivity index (χ2v) is 20.1. The van der Waals surface area contributed by atoms with Crippen molar-refractivity contribution in [2.75, 3.05) is 19.8 Å². The fraction of sp³-hybridized carbons (Fsp3) is 0.881. The van der Waals surface area contributed by atoms with Gasteiger partial charge in [-0.15, -0.1) is 0 Å². The summed E-state index contributed by atoms with van der Waals surface area (Å²) in [6.45, 7) is 14.1. The first-order valence-corrected chi connectivity index (χ1v) is 20.5. The molecule has 18 atom stereocenters. The summed E-state index contributed by atoms with van der Waals surface area (Å²) in [6.07, 6.45) is -4.66. The zero-order valence-corrected chi connectivity index (χ0v) is 33.6. The largest absolute Gasteiger partial charge is 0.396 e. The van der Waals surface area contributed by atoms with E-state index in [4.69, 9.17) is 18.9 Å². The molecule has 7 aliphatic rings. The lowest BCUT2D eigenvalue weighted by Crippen LogP contribution is -2.67. The minimum atomic E-state index is -1.73. The van der Waals surface area contributed by atoms with Crippen molar-refractivity contribution in [2.45, 2.75) is 167 Å². The highest BCUT2D eigenvalue weighted by molar-refractivity contribution is 5.92. The number of fused-ring (bicyclic) bond motifs is 6. The molecule has 0 unspecified atom stereocenters. The van der Waals surface area contributed by atoms with Crippen LogP contribution in [0, 0.1) is 44.3 Å². The molecule has 0 bridgehead atoms. The number of allylic oxidation sites excluding steroid dienone is 3. The Morgan fingerprint density at radius 2 is 1.45 bits per heavy atom. The van der Waals surface area contributed by atoms with Crippen LogP contribution in [0.5, 0.6) is 0 Å². The molecule has 0 radical (unpaired) electrons. The number of rotatable bonds is 7. The number of ether oxygens (including phenoxy) is 4. The molecule has 0 amide bonds. The summed E-state index contributed by atoms with van der Waals surface area (Å²) >= 11 is 0. The van der Waals surface area contributed by atoms with E-state index in [0.717, 1.165) is 37.7 Å². The van der Waals surface area contributed by atoms with Gasteiger partial charge in [0.25, 0.3) is 0 Å². The number of hydrogen-bond acceptors (Lipinski definition) is 13. The molecule has 13 nitrogen and oxygen atoms in total. The molecule has 5 aliphatic carbocycles. The molecular formula is C42H66O13. The number of ketones is 1. The molecule has 2 saturated heterocycles. The maximum absolute atomic E-state index is 14.3. The maximum Gasteiger partial charge on any atom is 0.187 e. The van der Waals surface area contributed by atoms with Gasteiger partial charge in [0.1, 0.15) is 48.5 Å². The average Bonchev–Trinajstić information content (AvgIpc) is 3.13. The van der Waals surface area contributed by atoms with E-state index >= 15 is 0 Å². The average molecular weight is 779 g/mol. The van der Waals surface area contributed by atoms with Crippen LogP contribution in [0.2, 0.25) is 0 Å². The van der Waals surface area contributed by atoms with Crippen LogP contribution in [0.15, 0.2) is 23.3 Å². The maximum atomic E-state index is 14.3. The minimum Gasteiger partial charge on any atom is -0.396 e. The van der Waals surface area contributed by atoms with Crippen molar-refractivity contribution in [1.29, 1.82) is 0 Å². The fourth-order valence-electron chi connectivity index (χ4n) is 12.8. The molecule has 0 aromatic carbocycles. The molecule has 3 saturated carbocycles. The Morgan fingerprint density at radius 3 is 2.11 bits per heavy atom. The Hall–Kier alpha value is -1.33. The van der Waals surface area contributed by atoms with E-state index in [1.807, 2.05) is 6.92 Å². The predicted molar refractivity (Wildman–Crippen MR) is 198 cm³/mol. The van der Waals surface area contributed by atoms with Crippen molar-refractivity contribution < 1.29 is 64.6 Å². The van der Waals surface area contributed by atoms with Crippen LogP contribution >= 0.6 is 0 Å². The fourth-order valence-corrected chi connectivity index (χ4v) is 12.8. The lowest BCUT2D eigenvalue weighted by atomic mass is 9.35. The number of carbonyl (C=O) groups is 1. The zero-order chi connectivity index (χ0) is 40.3. The molecule has 55 heavy (non-hydrogen) atoms. The van der Waals surface area contributed by atoms with Crippen LogP contribution in [0.1, 0.15) is 99.8 Å². The number of aliphatic hydroxyl groups is 8. The van der Waals surface area contributed by atoms with Gasteiger partial charge in [-0.2, -0.15) is 0 Å². The Morgan fingerprint density at radius 1 is 0.764 bits per heavy atom. The number of aliphatic hydroxyl groups excluding tert-OH is 8. The Labute approximate surface area is 324 Å². The van der Waals surface area contributed by atoms with Crippen molar-refractivity contribution >= 4 is 5.78 Å². The third-order valence-corrected chi connectivity index (χ3v) is 16.6. The quantitative estimate of drug-likeness (QED) is 0.174. The second kappa shape index (κ2) is 14.2. The smallest absolute Gasteiger partial charge is 0.187 e. The lowest BCUT2D eigenvalue weighted by Gasteiger charge is -2.69. The van der Waals surface area contributed by atoms with E-state index < -0.39 is 90.4 Å². The van der Waals surface area contributed by atoms with E-state index in [1.54, 1.807) is 6.92 Å². The second-order valence-electron chi connectivity index (χ2n) is 20.1. The van der Waals surface area contributed by atoms with Crippen LogP contribution < -0.4 is 0 Å². The van der Waals surface area contributed by atoms with Gasteiger partial charge in [-0.25, -0.2) is 0 Å². The normalized spacial score (nSPS) is 53.6. The van der Waals surface area contributed by atoms with Gasteiger partial charge in [0.2, 0.25) is 0 Å². The predicted octanol–water partition coefficient (Wildman–Crippen LogP) is 1.89. The molecule has 2 aliphatic heterocycles. The first kappa shape index (κ1) is 41.8.